The fourth-order valence-corrected chi connectivity index (χ4v) is 2.50. The highest BCUT2D eigenvalue weighted by Gasteiger charge is 2.09. The van der Waals surface area contributed by atoms with Crippen LogP contribution >= 0.6 is 0 Å². The molecule has 0 saturated carbocycles. The molecule has 0 saturated heterocycles. The van der Waals surface area contributed by atoms with Gasteiger partial charge < -0.3 is 0 Å². The Kier molecular flexibility index (Phi) is 2.24. The average Bonchev–Trinajstić information content (AvgIpc) is 1.83. The Labute approximate surface area is 73.0 Å². The Morgan fingerprint density at radius 1 is 1.50 bits per heavy atom. The quantitative estimate of drug-likeness (QED) is 0.573. The second-order valence-electron chi connectivity index (χ2n) is 3.04. The smallest absolute Gasteiger partial charge is 0.160 e. The van der Waals surface area contributed by atoms with Gasteiger partial charge in [0.15, 0.2) is 5.78 Å². The van der Waals surface area contributed by atoms with Crippen molar-refractivity contribution in [2.75, 3.05) is 6.26 Å². The molecule has 0 aromatic carbocycles. The molecule has 0 fully saturated rings. The summed E-state index contributed by atoms with van der Waals surface area (Å²) in [7, 11) is -1.96. The minimum Gasteiger partial charge on any atom is -0.295 e. The summed E-state index contributed by atoms with van der Waals surface area (Å²) in [6, 6.07) is 0. The summed E-state index contributed by atoms with van der Waals surface area (Å²) in [6.07, 6.45) is 3.31. The van der Waals surface area contributed by atoms with Gasteiger partial charge >= 0.3 is 0 Å². The first-order valence-electron chi connectivity index (χ1n) is 3.66. The van der Waals surface area contributed by atoms with Crippen molar-refractivity contribution in [3.8, 4) is 0 Å². The van der Waals surface area contributed by atoms with Crippen LogP contribution in [0.25, 0.3) is 0 Å². The van der Waals surface area contributed by atoms with Gasteiger partial charge in [0.25, 0.3) is 0 Å². The molecular weight excluding hydrogens is 172 g/mol. The number of carbonyl (C=O) groups excluding carboxylic acids is 1. The van der Waals surface area contributed by atoms with Crippen LogP contribution in [0.15, 0.2) is 22.6 Å². The maximum absolute atomic E-state index is 11.5. The van der Waals surface area contributed by atoms with Gasteiger partial charge in [-0.25, -0.2) is 0 Å². The predicted octanol–water partition coefficient (Wildman–Crippen LogP) is 1.14. The number of ketones is 1. The topological polar surface area (TPSA) is 34.1 Å². The molecular formula is C9H12O2S. The zero-order valence-electron chi connectivity index (χ0n) is 7.46. The lowest BCUT2D eigenvalue weighted by Gasteiger charge is -2.08. The van der Waals surface area contributed by atoms with Crippen LogP contribution in [-0.2, 0) is 14.3 Å². The van der Waals surface area contributed by atoms with E-state index in [-0.39, 0.29) is 5.78 Å². The lowest BCUT2D eigenvalue weighted by molar-refractivity contribution is -0.113. The molecule has 0 aliphatic carbocycles. The van der Waals surface area contributed by atoms with E-state index in [1.807, 2.05) is 6.92 Å². The molecule has 1 heterocycles. The van der Waals surface area contributed by atoms with Crippen LogP contribution in [-0.4, -0.2) is 21.6 Å². The third kappa shape index (κ3) is 1.85. The van der Waals surface area contributed by atoms with E-state index in [9.17, 15) is 9.00 Å². The van der Waals surface area contributed by atoms with Crippen LogP contribution in [0, 0.1) is 0 Å². The Balaban J connectivity index is 3.29. The number of hydrogen-bond donors (Lipinski definition) is 0. The van der Waals surface area contributed by atoms with E-state index in [0.29, 0.717) is 5.57 Å². The van der Waals surface area contributed by atoms with Crippen molar-refractivity contribution in [1.29, 1.82) is 0 Å². The zero-order chi connectivity index (χ0) is 9.35. The number of hydrogen-bond acceptors (Lipinski definition) is 2. The number of carbonyl (C=O) groups is 1. The van der Waals surface area contributed by atoms with Crippen molar-refractivity contribution >= 4 is 20.7 Å². The summed E-state index contributed by atoms with van der Waals surface area (Å²) in [6.45, 7) is 3.32. The minimum atomic E-state index is -1.96. The van der Waals surface area contributed by atoms with Gasteiger partial charge in [-0.2, -0.15) is 0 Å². The zero-order valence-corrected chi connectivity index (χ0v) is 8.27. The lowest BCUT2D eigenvalue weighted by atomic mass is 10.1. The van der Waals surface area contributed by atoms with Crippen molar-refractivity contribution in [3.05, 3.63) is 22.6 Å². The molecule has 0 spiro atoms. The molecule has 1 rings (SSSR count). The summed E-state index contributed by atoms with van der Waals surface area (Å²) in [5.41, 5.74) is 1.48. The van der Waals surface area contributed by atoms with Crippen molar-refractivity contribution in [3.63, 3.8) is 0 Å². The predicted molar refractivity (Wildman–Crippen MR) is 52.7 cm³/mol. The van der Waals surface area contributed by atoms with Crippen molar-refractivity contribution in [1.82, 2.24) is 0 Å². The van der Waals surface area contributed by atoms with Crippen LogP contribution in [0.3, 0.4) is 0 Å². The Morgan fingerprint density at radius 2 is 2.08 bits per heavy atom. The summed E-state index contributed by atoms with van der Waals surface area (Å²) in [4.78, 5) is 11.0. The molecule has 12 heavy (non-hydrogen) atoms. The summed E-state index contributed by atoms with van der Waals surface area (Å²) in [5, 5.41) is 3.25. The minimum absolute atomic E-state index is 0.0231. The van der Waals surface area contributed by atoms with Crippen LogP contribution in [0.1, 0.15) is 13.8 Å². The Hall–Kier alpha value is -0.830. The van der Waals surface area contributed by atoms with Gasteiger partial charge in [-0.05, 0) is 45.8 Å². The highest BCUT2D eigenvalue weighted by atomic mass is 32.2. The van der Waals surface area contributed by atoms with Gasteiger partial charge in [-0.3, -0.25) is 9.00 Å². The van der Waals surface area contributed by atoms with E-state index in [1.54, 1.807) is 23.1 Å². The first-order chi connectivity index (χ1) is 5.42. The normalized spacial score (nSPS) is 28.6. The third-order valence-electron chi connectivity index (χ3n) is 1.72. The lowest BCUT2D eigenvalue weighted by Crippen LogP contribution is -2.08. The molecule has 0 amide bonds. The van der Waals surface area contributed by atoms with Crippen LogP contribution < -0.4 is 0 Å². The standard InChI is InChI=1S/C9H12O2S/c1-7-6-12(3,11)5-4-9(7)8(2)10/h4-6H,1-3H3. The molecule has 3 heteroatoms. The maximum Gasteiger partial charge on any atom is 0.160 e. The second-order valence-corrected chi connectivity index (χ2v) is 5.48. The van der Waals surface area contributed by atoms with E-state index in [2.05, 4.69) is 0 Å². The molecule has 0 aromatic rings. The van der Waals surface area contributed by atoms with Crippen molar-refractivity contribution < 1.29 is 9.00 Å². The number of allylic oxidation sites excluding steroid dienone is 3. The molecule has 0 aromatic heterocycles. The average molecular weight is 184 g/mol. The molecule has 1 atom stereocenters. The van der Waals surface area contributed by atoms with Crippen molar-refractivity contribution in [2.45, 2.75) is 13.8 Å². The molecule has 1 unspecified atom stereocenters. The number of Topliss-reactive ketones (excluding diaryl/α,β-unsaturated/α-hetero) is 1. The van der Waals surface area contributed by atoms with Gasteiger partial charge in [0.1, 0.15) is 0 Å². The Morgan fingerprint density at radius 3 is 2.50 bits per heavy atom. The van der Waals surface area contributed by atoms with E-state index >= 15 is 0 Å². The molecule has 1 aliphatic heterocycles. The first-order valence-corrected chi connectivity index (χ1v) is 5.75. The van der Waals surface area contributed by atoms with Crippen molar-refractivity contribution in [2.24, 2.45) is 0 Å². The van der Waals surface area contributed by atoms with E-state index < -0.39 is 9.52 Å². The first kappa shape index (κ1) is 9.26. The Bertz CT molecular complexity index is 391. The maximum atomic E-state index is 11.5. The van der Waals surface area contributed by atoms with Gasteiger partial charge in [0.05, 0.1) is 0 Å². The van der Waals surface area contributed by atoms with E-state index in [0.717, 1.165) is 5.57 Å². The largest absolute Gasteiger partial charge is 0.295 e. The molecule has 0 N–H and O–H groups in total. The molecule has 1 aliphatic rings. The fraction of sp³-hybridized carbons (Fsp3) is 0.333. The second kappa shape index (κ2) is 2.90. The summed E-state index contributed by atoms with van der Waals surface area (Å²) in [5.74, 6) is 0.0231. The SMILES string of the molecule is CC(=O)C1=C(C)C=S(C)(=O)C=C1. The van der Waals surface area contributed by atoms with E-state index in [1.165, 1.54) is 6.92 Å². The van der Waals surface area contributed by atoms with Crippen LogP contribution in [0.2, 0.25) is 0 Å². The molecule has 0 bridgehead atoms. The monoisotopic (exact) mass is 184 g/mol. The van der Waals surface area contributed by atoms with Gasteiger partial charge in [0, 0.05) is 11.8 Å². The highest BCUT2D eigenvalue weighted by molar-refractivity contribution is 8.03. The molecule has 66 valence electrons. The molecule has 2 nitrogen and oxygen atoms in total. The third-order valence-corrected chi connectivity index (χ3v) is 3.22. The summed E-state index contributed by atoms with van der Waals surface area (Å²) < 4.78 is 11.5. The van der Waals surface area contributed by atoms with Crippen LogP contribution in [0.4, 0.5) is 0 Å². The van der Waals surface area contributed by atoms with Gasteiger partial charge in [-0.15, -0.1) is 0 Å². The van der Waals surface area contributed by atoms with Crippen LogP contribution in [0.5, 0.6) is 0 Å². The molecule has 0 radical (unpaired) electrons. The highest BCUT2D eigenvalue weighted by Crippen LogP contribution is 2.12. The summed E-state index contributed by atoms with van der Waals surface area (Å²) >= 11 is 0. The number of rotatable bonds is 1. The van der Waals surface area contributed by atoms with E-state index in [4.69, 9.17) is 0 Å². The van der Waals surface area contributed by atoms with Gasteiger partial charge in [-0.1, -0.05) is 0 Å². The van der Waals surface area contributed by atoms with Gasteiger partial charge in [0.2, 0.25) is 0 Å². The fourth-order valence-electron chi connectivity index (χ4n) is 1.18.